The van der Waals surface area contributed by atoms with Crippen molar-refractivity contribution in [3.05, 3.63) is 58.3 Å². The first-order valence-corrected chi connectivity index (χ1v) is 7.17. The van der Waals surface area contributed by atoms with Crippen LogP contribution in [0.2, 0.25) is 0 Å². The number of aromatic hydroxyl groups is 1. The van der Waals surface area contributed by atoms with E-state index in [9.17, 15) is 14.7 Å². The van der Waals surface area contributed by atoms with E-state index in [0.717, 1.165) is 9.37 Å². The lowest BCUT2D eigenvalue weighted by molar-refractivity contribution is -0.122. The Kier molecular flexibility index (Phi) is 4.77. The van der Waals surface area contributed by atoms with Crippen molar-refractivity contribution in [2.24, 2.45) is 5.73 Å². The van der Waals surface area contributed by atoms with Crippen LogP contribution in [0.3, 0.4) is 0 Å². The summed E-state index contributed by atoms with van der Waals surface area (Å²) < 4.78 is 0.762. The highest BCUT2D eigenvalue weighted by Gasteiger charge is 2.29. The number of carbonyl (C=O) groups is 2. The Morgan fingerprint density at radius 3 is 2.64 bits per heavy atom. The second kappa shape index (κ2) is 6.57. The molecule has 0 aliphatic rings. The highest BCUT2D eigenvalue weighted by molar-refractivity contribution is 9.10. The second-order valence-electron chi connectivity index (χ2n) is 4.65. The van der Waals surface area contributed by atoms with Gasteiger partial charge in [0.05, 0.1) is 0 Å². The van der Waals surface area contributed by atoms with Crippen LogP contribution >= 0.6 is 15.9 Å². The lowest BCUT2D eigenvalue weighted by Gasteiger charge is -2.26. The highest BCUT2D eigenvalue weighted by Crippen LogP contribution is 2.25. The molecule has 0 aliphatic heterocycles. The fourth-order valence-electron chi connectivity index (χ4n) is 2.10. The highest BCUT2D eigenvalue weighted by atomic mass is 79.9. The Hall–Kier alpha value is -2.41. The molecule has 114 valence electrons. The zero-order valence-corrected chi connectivity index (χ0v) is 13.3. The van der Waals surface area contributed by atoms with E-state index in [1.165, 1.54) is 25.4 Å². The number of nitrogens with two attached hydrogens (primary N) is 1. The molecular formula is C15H14BrN3O3. The molecule has 3 N–H and O–H groups in total. The third kappa shape index (κ3) is 3.25. The number of hydrogen-bond donors (Lipinski definition) is 2. The molecule has 2 aromatic rings. The molecule has 0 radical (unpaired) electrons. The van der Waals surface area contributed by atoms with Crippen molar-refractivity contribution in [1.82, 2.24) is 9.88 Å². The van der Waals surface area contributed by atoms with Crippen LogP contribution in [0.15, 0.2) is 47.1 Å². The molecule has 2 amide bonds. The summed E-state index contributed by atoms with van der Waals surface area (Å²) >= 11 is 3.31. The van der Waals surface area contributed by atoms with Crippen LogP contribution in [-0.4, -0.2) is 33.9 Å². The van der Waals surface area contributed by atoms with Crippen molar-refractivity contribution < 1.29 is 14.7 Å². The standard InChI is InChI=1S/C15H14BrN3O3/c1-19(15(22)12-11(20)6-3-7-18-12)13(14(17)21)9-4-2-5-10(16)8-9/h2-8,13,20H,1H3,(H2,17,21). The van der Waals surface area contributed by atoms with Crippen LogP contribution < -0.4 is 5.73 Å². The lowest BCUT2D eigenvalue weighted by Crippen LogP contribution is -2.39. The van der Waals surface area contributed by atoms with Gasteiger partial charge < -0.3 is 15.7 Å². The molecule has 1 unspecified atom stereocenters. The Morgan fingerprint density at radius 2 is 2.05 bits per heavy atom. The van der Waals surface area contributed by atoms with Crippen LogP contribution in [0, 0.1) is 0 Å². The minimum Gasteiger partial charge on any atom is -0.505 e. The van der Waals surface area contributed by atoms with Gasteiger partial charge in [-0.1, -0.05) is 28.1 Å². The third-order valence-electron chi connectivity index (χ3n) is 3.13. The Morgan fingerprint density at radius 1 is 1.32 bits per heavy atom. The zero-order chi connectivity index (χ0) is 16.3. The van der Waals surface area contributed by atoms with E-state index < -0.39 is 17.9 Å². The molecule has 2 rings (SSSR count). The number of aromatic nitrogens is 1. The molecule has 0 saturated heterocycles. The van der Waals surface area contributed by atoms with Crippen LogP contribution in [0.1, 0.15) is 22.1 Å². The van der Waals surface area contributed by atoms with E-state index in [2.05, 4.69) is 20.9 Å². The summed E-state index contributed by atoms with van der Waals surface area (Å²) in [5.74, 6) is -1.52. The van der Waals surface area contributed by atoms with E-state index in [1.54, 1.807) is 24.3 Å². The maximum absolute atomic E-state index is 12.5. The number of hydrogen-bond acceptors (Lipinski definition) is 4. The molecule has 0 spiro atoms. The van der Waals surface area contributed by atoms with Crippen molar-refractivity contribution in [2.75, 3.05) is 7.05 Å². The number of rotatable bonds is 4. The number of halogens is 1. The topological polar surface area (TPSA) is 96.5 Å². The van der Waals surface area contributed by atoms with Gasteiger partial charge in [0.1, 0.15) is 11.8 Å². The fourth-order valence-corrected chi connectivity index (χ4v) is 2.52. The zero-order valence-electron chi connectivity index (χ0n) is 11.7. The summed E-state index contributed by atoms with van der Waals surface area (Å²) in [6.45, 7) is 0. The van der Waals surface area contributed by atoms with E-state index in [4.69, 9.17) is 5.73 Å². The number of carbonyl (C=O) groups excluding carboxylic acids is 2. The van der Waals surface area contributed by atoms with Gasteiger partial charge in [-0.15, -0.1) is 0 Å². The fraction of sp³-hybridized carbons (Fsp3) is 0.133. The van der Waals surface area contributed by atoms with Crippen molar-refractivity contribution in [3.63, 3.8) is 0 Å². The van der Waals surface area contributed by atoms with Gasteiger partial charge in [-0.25, -0.2) is 4.98 Å². The summed E-state index contributed by atoms with van der Waals surface area (Å²) in [4.78, 5) is 29.3. The number of pyridine rings is 1. The second-order valence-corrected chi connectivity index (χ2v) is 5.56. The van der Waals surface area contributed by atoms with Gasteiger partial charge >= 0.3 is 0 Å². The molecular weight excluding hydrogens is 350 g/mol. The monoisotopic (exact) mass is 363 g/mol. The average molecular weight is 364 g/mol. The number of primary amides is 1. The summed E-state index contributed by atoms with van der Waals surface area (Å²) in [6.07, 6.45) is 1.39. The predicted molar refractivity (Wildman–Crippen MR) is 84.1 cm³/mol. The largest absolute Gasteiger partial charge is 0.505 e. The van der Waals surface area contributed by atoms with Gasteiger partial charge in [0.2, 0.25) is 5.91 Å². The van der Waals surface area contributed by atoms with E-state index >= 15 is 0 Å². The van der Waals surface area contributed by atoms with Crippen LogP contribution in [0.5, 0.6) is 5.75 Å². The molecule has 0 bridgehead atoms. The van der Waals surface area contributed by atoms with E-state index in [-0.39, 0.29) is 11.4 Å². The maximum atomic E-state index is 12.5. The first-order chi connectivity index (χ1) is 10.4. The SMILES string of the molecule is CN(C(=O)c1ncccc1O)C(C(N)=O)c1cccc(Br)c1. The minimum atomic E-state index is -0.966. The minimum absolute atomic E-state index is 0.133. The normalized spacial score (nSPS) is 11.7. The van der Waals surface area contributed by atoms with E-state index in [1.807, 2.05) is 0 Å². The first-order valence-electron chi connectivity index (χ1n) is 6.37. The summed E-state index contributed by atoms with van der Waals surface area (Å²) in [5.41, 5.74) is 5.87. The molecule has 0 fully saturated rings. The molecule has 6 nitrogen and oxygen atoms in total. The van der Waals surface area contributed by atoms with Gasteiger partial charge in [-0.3, -0.25) is 9.59 Å². The number of likely N-dealkylation sites (N-methyl/N-ethyl adjacent to an activating group) is 1. The number of nitrogens with zero attached hydrogens (tertiary/aromatic N) is 2. The van der Waals surface area contributed by atoms with Crippen molar-refractivity contribution in [3.8, 4) is 5.75 Å². The quantitative estimate of drug-likeness (QED) is 0.865. The van der Waals surface area contributed by atoms with Crippen molar-refractivity contribution in [1.29, 1.82) is 0 Å². The van der Waals surface area contributed by atoms with Crippen LogP contribution in [-0.2, 0) is 4.79 Å². The van der Waals surface area contributed by atoms with Crippen LogP contribution in [0.25, 0.3) is 0 Å². The van der Waals surface area contributed by atoms with Gasteiger partial charge in [0, 0.05) is 17.7 Å². The van der Waals surface area contributed by atoms with Crippen molar-refractivity contribution in [2.45, 2.75) is 6.04 Å². The van der Waals surface area contributed by atoms with Crippen molar-refractivity contribution >= 4 is 27.7 Å². The van der Waals surface area contributed by atoms with Gasteiger partial charge in [0.15, 0.2) is 5.69 Å². The average Bonchev–Trinajstić information content (AvgIpc) is 2.47. The van der Waals surface area contributed by atoms with Crippen LogP contribution in [0.4, 0.5) is 0 Å². The Balaban J connectivity index is 2.39. The number of amides is 2. The van der Waals surface area contributed by atoms with Gasteiger partial charge in [0.25, 0.3) is 5.91 Å². The third-order valence-corrected chi connectivity index (χ3v) is 3.62. The molecule has 7 heteroatoms. The molecule has 22 heavy (non-hydrogen) atoms. The summed E-state index contributed by atoms with van der Waals surface area (Å²) in [6, 6.07) is 8.84. The Bertz CT molecular complexity index is 721. The number of benzene rings is 1. The van der Waals surface area contributed by atoms with Gasteiger partial charge in [-0.2, -0.15) is 0 Å². The molecule has 1 heterocycles. The predicted octanol–water partition coefficient (Wildman–Crippen LogP) is 1.85. The molecule has 1 atom stereocenters. The summed E-state index contributed by atoms with van der Waals surface area (Å²) in [5, 5.41) is 9.73. The molecule has 1 aromatic heterocycles. The maximum Gasteiger partial charge on any atom is 0.276 e. The Labute approximate surface area is 135 Å². The lowest BCUT2D eigenvalue weighted by atomic mass is 10.0. The molecule has 1 aromatic carbocycles. The smallest absolute Gasteiger partial charge is 0.276 e. The molecule has 0 aliphatic carbocycles. The van der Waals surface area contributed by atoms with Gasteiger partial charge in [-0.05, 0) is 29.8 Å². The van der Waals surface area contributed by atoms with E-state index in [0.29, 0.717) is 5.56 Å². The first kappa shape index (κ1) is 16.0. The summed E-state index contributed by atoms with van der Waals surface area (Å²) in [7, 11) is 1.44. The molecule has 0 saturated carbocycles.